The molecule has 0 unspecified atom stereocenters. The summed E-state index contributed by atoms with van der Waals surface area (Å²) in [6.07, 6.45) is 0.809. The number of carbonyl (C=O) groups excluding carboxylic acids is 3. The van der Waals surface area contributed by atoms with Crippen molar-refractivity contribution in [2.24, 2.45) is 0 Å². The smallest absolute Gasteiger partial charge is 0.257 e. The van der Waals surface area contributed by atoms with Crippen LogP contribution in [-0.2, 0) is 16.0 Å². The molecular formula is C16H17N3O4. The zero-order valence-electron chi connectivity index (χ0n) is 12.6. The van der Waals surface area contributed by atoms with Gasteiger partial charge in [0.15, 0.2) is 0 Å². The maximum absolute atomic E-state index is 12.8. The van der Waals surface area contributed by atoms with E-state index in [1.807, 2.05) is 12.1 Å². The normalized spacial score (nSPS) is 23.0. The fraction of sp³-hybridized carbons (Fsp3) is 0.438. The summed E-state index contributed by atoms with van der Waals surface area (Å²) < 4.78 is 5.60. The van der Waals surface area contributed by atoms with Crippen molar-refractivity contribution < 1.29 is 19.1 Å². The standard InChI is InChI=1S/C16H17N3O4/c20-13-8-17-15(21)12-9-18(5-6-19(12)13)16(22)11-3-1-2-10-4-7-23-14(10)11/h1-3,12H,4-9H2,(H,17,21)/t12-/m1/s1. The Morgan fingerprint density at radius 2 is 2.13 bits per heavy atom. The van der Waals surface area contributed by atoms with E-state index in [0.29, 0.717) is 31.0 Å². The maximum atomic E-state index is 12.8. The monoisotopic (exact) mass is 315 g/mol. The molecule has 4 rings (SSSR count). The molecule has 0 radical (unpaired) electrons. The molecule has 3 aliphatic rings. The number of piperazine rings is 2. The molecule has 0 aromatic heterocycles. The number of fused-ring (bicyclic) bond motifs is 2. The Hall–Kier alpha value is -2.57. The summed E-state index contributed by atoms with van der Waals surface area (Å²) in [4.78, 5) is 39.9. The van der Waals surface area contributed by atoms with E-state index in [9.17, 15) is 14.4 Å². The molecule has 0 spiro atoms. The Labute approximate surface area is 133 Å². The van der Waals surface area contributed by atoms with Crippen LogP contribution in [0.2, 0.25) is 0 Å². The summed E-state index contributed by atoms with van der Waals surface area (Å²) in [5, 5.41) is 2.58. The number of amides is 3. The molecule has 7 heteroatoms. The third-order valence-corrected chi connectivity index (χ3v) is 4.65. The summed E-state index contributed by atoms with van der Waals surface area (Å²) in [5.74, 6) is 0.223. The Morgan fingerprint density at radius 3 is 3.00 bits per heavy atom. The van der Waals surface area contributed by atoms with Crippen molar-refractivity contribution in [3.63, 3.8) is 0 Å². The SMILES string of the molecule is O=C1NCC(=O)N2CCN(C(=O)c3cccc4c3OCC4)C[C@H]12. The van der Waals surface area contributed by atoms with E-state index >= 15 is 0 Å². The van der Waals surface area contributed by atoms with Gasteiger partial charge in [-0.15, -0.1) is 0 Å². The molecule has 1 aromatic carbocycles. The third kappa shape index (κ3) is 2.23. The number of ether oxygens (including phenoxy) is 1. The Morgan fingerprint density at radius 1 is 1.26 bits per heavy atom. The van der Waals surface area contributed by atoms with Crippen LogP contribution in [0.15, 0.2) is 18.2 Å². The van der Waals surface area contributed by atoms with Crippen molar-refractivity contribution in [3.8, 4) is 5.75 Å². The van der Waals surface area contributed by atoms with Crippen molar-refractivity contribution >= 4 is 17.7 Å². The lowest BCUT2D eigenvalue weighted by atomic mass is 10.0. The van der Waals surface area contributed by atoms with Crippen LogP contribution in [0.4, 0.5) is 0 Å². The first-order valence-electron chi connectivity index (χ1n) is 7.76. The van der Waals surface area contributed by atoms with Crippen LogP contribution >= 0.6 is 0 Å². The molecule has 1 N–H and O–H groups in total. The first-order chi connectivity index (χ1) is 11.1. The average Bonchev–Trinajstić information content (AvgIpc) is 3.06. The van der Waals surface area contributed by atoms with Crippen LogP contribution < -0.4 is 10.1 Å². The van der Waals surface area contributed by atoms with E-state index in [1.165, 1.54) is 0 Å². The minimum Gasteiger partial charge on any atom is -0.492 e. The van der Waals surface area contributed by atoms with Gasteiger partial charge in [-0.2, -0.15) is 0 Å². The zero-order valence-corrected chi connectivity index (χ0v) is 12.6. The van der Waals surface area contributed by atoms with Crippen molar-refractivity contribution in [3.05, 3.63) is 29.3 Å². The van der Waals surface area contributed by atoms with E-state index in [2.05, 4.69) is 5.32 Å². The summed E-state index contributed by atoms with van der Waals surface area (Å²) in [5.41, 5.74) is 1.58. The molecular weight excluding hydrogens is 298 g/mol. The number of hydrogen-bond acceptors (Lipinski definition) is 4. The molecule has 2 fully saturated rings. The van der Waals surface area contributed by atoms with Gasteiger partial charge in [-0.25, -0.2) is 0 Å². The van der Waals surface area contributed by atoms with E-state index < -0.39 is 6.04 Å². The first-order valence-corrected chi connectivity index (χ1v) is 7.76. The highest BCUT2D eigenvalue weighted by molar-refractivity contribution is 5.99. The molecule has 0 bridgehead atoms. The lowest BCUT2D eigenvalue weighted by Gasteiger charge is -2.42. The third-order valence-electron chi connectivity index (χ3n) is 4.65. The van der Waals surface area contributed by atoms with Crippen LogP contribution in [0.1, 0.15) is 15.9 Å². The quantitative estimate of drug-likeness (QED) is 0.751. The second kappa shape index (κ2) is 5.26. The second-order valence-corrected chi connectivity index (χ2v) is 5.96. The molecule has 1 aromatic rings. The first kappa shape index (κ1) is 14.0. The van der Waals surface area contributed by atoms with Gasteiger partial charge in [0.1, 0.15) is 11.8 Å². The molecule has 1 atom stereocenters. The van der Waals surface area contributed by atoms with Crippen LogP contribution in [0.5, 0.6) is 5.75 Å². The number of para-hydroxylation sites is 1. The molecule has 3 amide bonds. The van der Waals surface area contributed by atoms with Crippen LogP contribution in [-0.4, -0.2) is 66.3 Å². The van der Waals surface area contributed by atoms with Gasteiger partial charge >= 0.3 is 0 Å². The topological polar surface area (TPSA) is 79.0 Å². The predicted molar refractivity (Wildman–Crippen MR) is 80.1 cm³/mol. The number of hydrogen-bond donors (Lipinski definition) is 1. The second-order valence-electron chi connectivity index (χ2n) is 5.96. The highest BCUT2D eigenvalue weighted by Gasteiger charge is 2.40. The van der Waals surface area contributed by atoms with Gasteiger partial charge in [-0.05, 0) is 11.6 Å². The lowest BCUT2D eigenvalue weighted by molar-refractivity contribution is -0.148. The fourth-order valence-corrected chi connectivity index (χ4v) is 3.43. The van der Waals surface area contributed by atoms with Crippen molar-refractivity contribution in [2.75, 3.05) is 32.8 Å². The molecule has 3 aliphatic heterocycles. The zero-order chi connectivity index (χ0) is 16.0. The predicted octanol–water partition coefficient (Wildman–Crippen LogP) is -0.596. The highest BCUT2D eigenvalue weighted by Crippen LogP contribution is 2.30. The van der Waals surface area contributed by atoms with Gasteiger partial charge < -0.3 is 19.9 Å². The summed E-state index contributed by atoms with van der Waals surface area (Å²) >= 11 is 0. The Kier molecular flexibility index (Phi) is 3.21. The van der Waals surface area contributed by atoms with Crippen LogP contribution in [0, 0.1) is 0 Å². The largest absolute Gasteiger partial charge is 0.492 e. The summed E-state index contributed by atoms with van der Waals surface area (Å²) in [6.45, 7) is 1.67. The minimum absolute atomic E-state index is 0.0450. The molecule has 120 valence electrons. The molecule has 0 saturated carbocycles. The number of benzene rings is 1. The van der Waals surface area contributed by atoms with Gasteiger partial charge in [-0.1, -0.05) is 12.1 Å². The molecule has 23 heavy (non-hydrogen) atoms. The van der Waals surface area contributed by atoms with E-state index in [-0.39, 0.29) is 30.8 Å². The maximum Gasteiger partial charge on any atom is 0.257 e. The van der Waals surface area contributed by atoms with Gasteiger partial charge in [0.25, 0.3) is 5.91 Å². The summed E-state index contributed by atoms with van der Waals surface area (Å²) in [6, 6.07) is 4.98. The van der Waals surface area contributed by atoms with Crippen molar-refractivity contribution in [1.29, 1.82) is 0 Å². The van der Waals surface area contributed by atoms with E-state index in [0.717, 1.165) is 12.0 Å². The molecule has 3 heterocycles. The molecule has 2 saturated heterocycles. The van der Waals surface area contributed by atoms with E-state index in [1.54, 1.807) is 15.9 Å². The van der Waals surface area contributed by atoms with Gasteiger partial charge in [0.05, 0.1) is 25.3 Å². The number of rotatable bonds is 1. The van der Waals surface area contributed by atoms with Crippen molar-refractivity contribution in [1.82, 2.24) is 15.1 Å². The van der Waals surface area contributed by atoms with Gasteiger partial charge in [0.2, 0.25) is 11.8 Å². The Bertz CT molecular complexity index is 703. The van der Waals surface area contributed by atoms with Crippen molar-refractivity contribution in [2.45, 2.75) is 12.5 Å². The van der Waals surface area contributed by atoms with Crippen LogP contribution in [0.3, 0.4) is 0 Å². The molecule has 0 aliphatic carbocycles. The van der Waals surface area contributed by atoms with Gasteiger partial charge in [0, 0.05) is 19.5 Å². The fourth-order valence-electron chi connectivity index (χ4n) is 3.43. The number of carbonyl (C=O) groups is 3. The Balaban J connectivity index is 1.58. The minimum atomic E-state index is -0.591. The average molecular weight is 315 g/mol. The molecule has 7 nitrogen and oxygen atoms in total. The summed E-state index contributed by atoms with van der Waals surface area (Å²) in [7, 11) is 0. The van der Waals surface area contributed by atoms with Gasteiger partial charge in [-0.3, -0.25) is 14.4 Å². The number of nitrogens with zero attached hydrogens (tertiary/aromatic N) is 2. The van der Waals surface area contributed by atoms with Crippen LogP contribution in [0.25, 0.3) is 0 Å². The highest BCUT2D eigenvalue weighted by atomic mass is 16.5. The van der Waals surface area contributed by atoms with E-state index in [4.69, 9.17) is 4.74 Å². The number of nitrogens with one attached hydrogen (secondary N) is 1. The lowest BCUT2D eigenvalue weighted by Crippen LogP contribution is -2.66.